The first-order chi connectivity index (χ1) is 15.1. The predicted molar refractivity (Wildman–Crippen MR) is 119 cm³/mol. The number of para-hydroxylation sites is 1. The molecule has 1 aromatic heterocycles. The summed E-state index contributed by atoms with van der Waals surface area (Å²) in [5, 5.41) is 10.6. The molecule has 6 nitrogen and oxygen atoms in total. The molecule has 2 aromatic carbocycles. The van der Waals surface area contributed by atoms with Crippen LogP contribution in [0.5, 0.6) is 5.75 Å². The Morgan fingerprint density at radius 1 is 1.26 bits per heavy atom. The van der Waals surface area contributed by atoms with Gasteiger partial charge in [0, 0.05) is 31.6 Å². The number of hydrogen-bond acceptors (Lipinski definition) is 4. The van der Waals surface area contributed by atoms with Crippen molar-refractivity contribution in [1.82, 2.24) is 15.5 Å². The van der Waals surface area contributed by atoms with E-state index in [4.69, 9.17) is 4.74 Å². The Bertz CT molecular complexity index is 1020. The summed E-state index contributed by atoms with van der Waals surface area (Å²) in [6.45, 7) is 1.61. The molecule has 4 rings (SSSR count). The molecule has 1 fully saturated rings. The van der Waals surface area contributed by atoms with Gasteiger partial charge in [-0.25, -0.2) is 4.39 Å². The summed E-state index contributed by atoms with van der Waals surface area (Å²) in [7, 11) is 1.64. The van der Waals surface area contributed by atoms with Crippen molar-refractivity contribution in [1.29, 1.82) is 0 Å². The monoisotopic (exact) mass is 422 g/mol. The van der Waals surface area contributed by atoms with Gasteiger partial charge in [0.25, 0.3) is 0 Å². The maximum Gasteiger partial charge on any atom is 0.220 e. The molecule has 7 heteroatoms. The summed E-state index contributed by atoms with van der Waals surface area (Å²) in [6, 6.07) is 16.2. The maximum atomic E-state index is 13.2. The molecule has 2 N–H and O–H groups in total. The van der Waals surface area contributed by atoms with Crippen LogP contribution in [0.2, 0.25) is 0 Å². The third-order valence-electron chi connectivity index (χ3n) is 5.64. The van der Waals surface area contributed by atoms with Gasteiger partial charge in [0.2, 0.25) is 5.91 Å². The lowest BCUT2D eigenvalue weighted by Gasteiger charge is -2.33. The number of rotatable bonds is 7. The van der Waals surface area contributed by atoms with E-state index >= 15 is 0 Å². The van der Waals surface area contributed by atoms with E-state index in [1.54, 1.807) is 19.2 Å². The lowest BCUT2D eigenvalue weighted by Crippen LogP contribution is -2.48. The molecule has 1 amide bonds. The fraction of sp³-hybridized carbons (Fsp3) is 0.333. The number of ether oxygens (including phenoxy) is 1. The molecule has 0 bridgehead atoms. The number of piperidine rings is 1. The standard InChI is InChI=1S/C24H27FN4O2/c1-31-22-7-3-2-5-18(22)10-13-24(30)26-20-6-4-14-29(16-20)23-15-21(27-28-23)17-8-11-19(25)12-9-17/h2-3,5,7-9,11-12,15,20H,4,6,10,13-14,16H2,1H3,(H,26,30)(H,27,28)/t20-/m1/s1. The first kappa shape index (κ1) is 20.9. The fourth-order valence-electron chi connectivity index (χ4n) is 4.01. The smallest absolute Gasteiger partial charge is 0.220 e. The number of aryl methyl sites for hydroxylation is 1. The summed E-state index contributed by atoms with van der Waals surface area (Å²) in [6.07, 6.45) is 3.00. The number of benzene rings is 2. The lowest BCUT2D eigenvalue weighted by molar-refractivity contribution is -0.121. The van der Waals surface area contributed by atoms with Crippen LogP contribution >= 0.6 is 0 Å². The molecular formula is C24H27FN4O2. The van der Waals surface area contributed by atoms with Crippen molar-refractivity contribution in [3.05, 3.63) is 66.0 Å². The predicted octanol–water partition coefficient (Wildman–Crippen LogP) is 3.94. The number of hydrogen-bond donors (Lipinski definition) is 2. The van der Waals surface area contributed by atoms with Crippen LogP contribution < -0.4 is 15.0 Å². The van der Waals surface area contributed by atoms with E-state index < -0.39 is 0 Å². The first-order valence-corrected chi connectivity index (χ1v) is 10.6. The van der Waals surface area contributed by atoms with Crippen LogP contribution in [0.1, 0.15) is 24.8 Å². The summed E-state index contributed by atoms with van der Waals surface area (Å²) in [4.78, 5) is 14.7. The molecule has 31 heavy (non-hydrogen) atoms. The number of H-pyrrole nitrogens is 1. The number of nitrogens with one attached hydrogen (secondary N) is 2. The lowest BCUT2D eigenvalue weighted by atomic mass is 10.0. The number of amides is 1. The average molecular weight is 423 g/mol. The Morgan fingerprint density at radius 2 is 2.06 bits per heavy atom. The van der Waals surface area contributed by atoms with E-state index in [9.17, 15) is 9.18 Å². The number of anilines is 1. The minimum absolute atomic E-state index is 0.0479. The molecule has 0 saturated carbocycles. The van der Waals surface area contributed by atoms with E-state index in [2.05, 4.69) is 20.4 Å². The van der Waals surface area contributed by atoms with Crippen molar-refractivity contribution in [3.8, 4) is 17.0 Å². The number of carbonyl (C=O) groups is 1. The summed E-state index contributed by atoms with van der Waals surface area (Å²) in [5.41, 5.74) is 2.77. The van der Waals surface area contributed by atoms with Gasteiger partial charge in [-0.05, 0) is 60.7 Å². The zero-order valence-electron chi connectivity index (χ0n) is 17.6. The second-order valence-electron chi connectivity index (χ2n) is 7.81. The molecule has 0 unspecified atom stereocenters. The molecule has 1 saturated heterocycles. The average Bonchev–Trinajstić information content (AvgIpc) is 3.29. The van der Waals surface area contributed by atoms with Crippen LogP contribution in [0.3, 0.4) is 0 Å². The van der Waals surface area contributed by atoms with Crippen LogP contribution in [0.25, 0.3) is 11.3 Å². The van der Waals surface area contributed by atoms with E-state index in [1.165, 1.54) is 12.1 Å². The van der Waals surface area contributed by atoms with Gasteiger partial charge in [-0.3, -0.25) is 9.89 Å². The third-order valence-corrected chi connectivity index (χ3v) is 5.64. The Hall–Kier alpha value is -3.35. The van der Waals surface area contributed by atoms with Gasteiger partial charge in [-0.15, -0.1) is 0 Å². The highest BCUT2D eigenvalue weighted by Gasteiger charge is 2.23. The van der Waals surface area contributed by atoms with Gasteiger partial charge >= 0.3 is 0 Å². The van der Waals surface area contributed by atoms with Crippen molar-refractivity contribution in [2.75, 3.05) is 25.1 Å². The molecule has 1 aliphatic heterocycles. The number of carbonyl (C=O) groups excluding carboxylic acids is 1. The summed E-state index contributed by atoms with van der Waals surface area (Å²) in [5.74, 6) is 1.44. The van der Waals surface area contributed by atoms with Gasteiger partial charge in [0.1, 0.15) is 11.6 Å². The van der Waals surface area contributed by atoms with Gasteiger partial charge in [0.05, 0.1) is 12.8 Å². The van der Waals surface area contributed by atoms with Crippen molar-refractivity contribution in [2.24, 2.45) is 0 Å². The second kappa shape index (κ2) is 9.64. The zero-order chi connectivity index (χ0) is 21.6. The molecular weight excluding hydrogens is 395 g/mol. The van der Waals surface area contributed by atoms with Crippen LogP contribution in [-0.2, 0) is 11.2 Å². The number of aromatic nitrogens is 2. The summed E-state index contributed by atoms with van der Waals surface area (Å²) < 4.78 is 18.5. The largest absolute Gasteiger partial charge is 0.496 e. The van der Waals surface area contributed by atoms with Crippen molar-refractivity contribution in [3.63, 3.8) is 0 Å². The Kier molecular flexibility index (Phi) is 6.50. The normalized spacial score (nSPS) is 16.2. The highest BCUT2D eigenvalue weighted by Crippen LogP contribution is 2.24. The van der Waals surface area contributed by atoms with Crippen molar-refractivity contribution < 1.29 is 13.9 Å². The number of halogens is 1. The number of methoxy groups -OCH3 is 1. The molecule has 0 aliphatic carbocycles. The van der Waals surface area contributed by atoms with Gasteiger partial charge in [-0.2, -0.15) is 5.10 Å². The van der Waals surface area contributed by atoms with Crippen LogP contribution in [0, 0.1) is 5.82 Å². The fourth-order valence-corrected chi connectivity index (χ4v) is 4.01. The Morgan fingerprint density at radius 3 is 2.87 bits per heavy atom. The molecule has 1 atom stereocenters. The number of aromatic amines is 1. The molecule has 162 valence electrons. The van der Waals surface area contributed by atoms with E-state index in [0.29, 0.717) is 19.4 Å². The van der Waals surface area contributed by atoms with Crippen LogP contribution in [0.15, 0.2) is 54.6 Å². The van der Waals surface area contributed by atoms with E-state index in [0.717, 1.165) is 47.8 Å². The summed E-state index contributed by atoms with van der Waals surface area (Å²) >= 11 is 0. The highest BCUT2D eigenvalue weighted by molar-refractivity contribution is 5.76. The molecule has 2 heterocycles. The minimum Gasteiger partial charge on any atom is -0.496 e. The molecule has 1 aliphatic rings. The maximum absolute atomic E-state index is 13.2. The van der Waals surface area contributed by atoms with Crippen molar-refractivity contribution >= 4 is 11.7 Å². The third kappa shape index (κ3) is 5.23. The Labute approximate surface area is 181 Å². The second-order valence-corrected chi connectivity index (χ2v) is 7.81. The SMILES string of the molecule is COc1ccccc1CCC(=O)N[C@@H]1CCCN(c2cc(-c3ccc(F)cc3)[nH]n2)C1. The topological polar surface area (TPSA) is 70.2 Å². The molecule has 3 aromatic rings. The highest BCUT2D eigenvalue weighted by atomic mass is 19.1. The van der Waals surface area contributed by atoms with Crippen LogP contribution in [-0.4, -0.2) is 42.3 Å². The minimum atomic E-state index is -0.260. The van der Waals surface area contributed by atoms with Gasteiger partial charge in [-0.1, -0.05) is 18.2 Å². The van der Waals surface area contributed by atoms with Gasteiger partial charge in [0.15, 0.2) is 5.82 Å². The molecule has 0 radical (unpaired) electrons. The van der Waals surface area contributed by atoms with E-state index in [1.807, 2.05) is 30.3 Å². The van der Waals surface area contributed by atoms with Crippen LogP contribution in [0.4, 0.5) is 10.2 Å². The Balaban J connectivity index is 1.32. The first-order valence-electron chi connectivity index (χ1n) is 10.6. The molecule has 0 spiro atoms. The van der Waals surface area contributed by atoms with Crippen molar-refractivity contribution in [2.45, 2.75) is 31.7 Å². The van der Waals surface area contributed by atoms with E-state index in [-0.39, 0.29) is 17.8 Å². The quantitative estimate of drug-likeness (QED) is 0.605. The zero-order valence-corrected chi connectivity index (χ0v) is 17.6. The number of nitrogens with zero attached hydrogens (tertiary/aromatic N) is 2. The van der Waals surface area contributed by atoms with Gasteiger partial charge < -0.3 is 15.0 Å².